The van der Waals surface area contributed by atoms with Crippen LogP contribution in [0.2, 0.25) is 0 Å². The molecule has 1 aromatic heterocycles. The lowest BCUT2D eigenvalue weighted by Gasteiger charge is -2.43. The fraction of sp³-hybridized carbons (Fsp3) is 0.240. The molecule has 0 radical (unpaired) electrons. The summed E-state index contributed by atoms with van der Waals surface area (Å²) in [7, 11) is 0. The first kappa shape index (κ1) is 19.3. The van der Waals surface area contributed by atoms with Crippen LogP contribution in [0.1, 0.15) is 38.7 Å². The first-order valence-corrected chi connectivity index (χ1v) is 10.5. The fourth-order valence-corrected chi connectivity index (χ4v) is 4.75. The van der Waals surface area contributed by atoms with Gasteiger partial charge in [-0.1, -0.05) is 36.4 Å². The summed E-state index contributed by atoms with van der Waals surface area (Å²) in [6.45, 7) is 1.79. The van der Waals surface area contributed by atoms with Gasteiger partial charge in [-0.25, -0.2) is 0 Å². The molecule has 0 aliphatic carbocycles. The summed E-state index contributed by atoms with van der Waals surface area (Å²) in [5.41, 5.74) is 2.24. The molecule has 5 rings (SSSR count). The number of aromatic nitrogens is 1. The van der Waals surface area contributed by atoms with Crippen LogP contribution in [-0.2, 0) is 6.54 Å². The van der Waals surface area contributed by atoms with Crippen molar-refractivity contribution in [2.45, 2.75) is 18.9 Å². The van der Waals surface area contributed by atoms with Gasteiger partial charge in [0, 0.05) is 42.4 Å². The highest BCUT2D eigenvalue weighted by molar-refractivity contribution is 6.04. The summed E-state index contributed by atoms with van der Waals surface area (Å²) in [6, 6.07) is 21.8. The van der Waals surface area contributed by atoms with Crippen LogP contribution in [0.25, 0.3) is 0 Å². The number of carbonyl (C=O) groups excluding carboxylic acids is 2. The molecule has 2 bridgehead atoms. The second-order valence-corrected chi connectivity index (χ2v) is 8.28. The van der Waals surface area contributed by atoms with Gasteiger partial charge in [0.2, 0.25) is 0 Å². The SMILES string of the molecule is O=C(Nc1ccc2n(c1=O)C[C@H]1C[C@@H]2CN(C(=O)c2ccccc2)C1)c1ccccc1. The van der Waals surface area contributed by atoms with E-state index in [1.165, 1.54) is 0 Å². The molecule has 0 spiro atoms. The van der Waals surface area contributed by atoms with Gasteiger partial charge in [-0.3, -0.25) is 14.4 Å². The third kappa shape index (κ3) is 3.65. The minimum absolute atomic E-state index is 0.0397. The van der Waals surface area contributed by atoms with Crippen LogP contribution in [0.15, 0.2) is 77.6 Å². The standard InChI is InChI=1S/C25H23N3O3/c29-23(18-7-3-1-4-8-18)26-21-11-12-22-20-13-17(15-28(22)25(21)31)14-27(16-20)24(30)19-9-5-2-6-10-19/h1-12,17,20H,13-16H2,(H,26,29)/t17-,20+/m0/s1. The number of likely N-dealkylation sites (tertiary alicyclic amines) is 1. The molecular weight excluding hydrogens is 390 g/mol. The number of hydrogen-bond donors (Lipinski definition) is 1. The van der Waals surface area contributed by atoms with Gasteiger partial charge < -0.3 is 14.8 Å². The molecule has 31 heavy (non-hydrogen) atoms. The van der Waals surface area contributed by atoms with Crippen molar-refractivity contribution < 1.29 is 9.59 Å². The first-order chi connectivity index (χ1) is 15.1. The van der Waals surface area contributed by atoms with Crippen LogP contribution < -0.4 is 10.9 Å². The Morgan fingerprint density at radius 2 is 1.48 bits per heavy atom. The average Bonchev–Trinajstić information content (AvgIpc) is 2.81. The van der Waals surface area contributed by atoms with Gasteiger partial charge in [0.1, 0.15) is 5.69 Å². The summed E-state index contributed by atoms with van der Waals surface area (Å²) >= 11 is 0. The van der Waals surface area contributed by atoms with Crippen molar-refractivity contribution in [3.8, 4) is 0 Å². The number of rotatable bonds is 3. The number of amides is 2. The molecule has 3 aromatic rings. The number of nitrogens with one attached hydrogen (secondary N) is 1. The second kappa shape index (κ2) is 7.87. The molecule has 0 unspecified atom stereocenters. The quantitative estimate of drug-likeness (QED) is 0.716. The van der Waals surface area contributed by atoms with Gasteiger partial charge in [0.05, 0.1) is 0 Å². The number of fused-ring (bicyclic) bond motifs is 4. The van der Waals surface area contributed by atoms with E-state index in [9.17, 15) is 14.4 Å². The zero-order valence-corrected chi connectivity index (χ0v) is 17.0. The van der Waals surface area contributed by atoms with Crippen molar-refractivity contribution in [3.05, 3.63) is 100.0 Å². The zero-order valence-electron chi connectivity index (χ0n) is 17.0. The maximum atomic E-state index is 13.1. The Morgan fingerprint density at radius 3 is 2.19 bits per heavy atom. The Labute approximate surface area is 180 Å². The Morgan fingerprint density at radius 1 is 0.806 bits per heavy atom. The maximum absolute atomic E-state index is 13.1. The highest BCUT2D eigenvalue weighted by Gasteiger charge is 2.37. The lowest BCUT2D eigenvalue weighted by molar-refractivity contribution is 0.0594. The molecular formula is C25H23N3O3. The van der Waals surface area contributed by atoms with Crippen molar-refractivity contribution in [1.82, 2.24) is 9.47 Å². The zero-order chi connectivity index (χ0) is 21.4. The molecule has 1 fully saturated rings. The van der Waals surface area contributed by atoms with E-state index in [2.05, 4.69) is 5.32 Å². The summed E-state index contributed by atoms with van der Waals surface area (Å²) in [5, 5.41) is 2.75. The molecule has 2 amide bonds. The van der Waals surface area contributed by atoms with Crippen LogP contribution in [0.5, 0.6) is 0 Å². The van der Waals surface area contributed by atoms with Gasteiger partial charge in [-0.15, -0.1) is 0 Å². The van der Waals surface area contributed by atoms with E-state index in [4.69, 9.17) is 0 Å². The van der Waals surface area contributed by atoms with Crippen LogP contribution in [0.4, 0.5) is 5.69 Å². The largest absolute Gasteiger partial charge is 0.338 e. The van der Waals surface area contributed by atoms with Gasteiger partial charge in [0.25, 0.3) is 17.4 Å². The summed E-state index contributed by atoms with van der Waals surface area (Å²) < 4.78 is 1.78. The normalized spacial score (nSPS) is 19.4. The molecule has 1 saturated heterocycles. The van der Waals surface area contributed by atoms with Gasteiger partial charge in [-0.2, -0.15) is 0 Å². The molecule has 6 heteroatoms. The molecule has 0 saturated carbocycles. The van der Waals surface area contributed by atoms with Crippen LogP contribution in [0.3, 0.4) is 0 Å². The van der Waals surface area contributed by atoms with Gasteiger partial charge >= 0.3 is 0 Å². The third-order valence-electron chi connectivity index (χ3n) is 6.20. The Balaban J connectivity index is 1.39. The molecule has 6 nitrogen and oxygen atoms in total. The molecule has 3 heterocycles. The Kier molecular flexibility index (Phi) is 4.90. The summed E-state index contributed by atoms with van der Waals surface area (Å²) in [5.74, 6) is 0.0788. The van der Waals surface area contributed by atoms with Crippen molar-refractivity contribution in [1.29, 1.82) is 0 Å². The number of anilines is 1. The number of pyridine rings is 1. The molecule has 2 atom stereocenters. The predicted molar refractivity (Wildman–Crippen MR) is 118 cm³/mol. The van der Waals surface area contributed by atoms with E-state index in [1.807, 2.05) is 47.4 Å². The molecule has 2 aliphatic heterocycles. The molecule has 2 aromatic carbocycles. The number of piperidine rings is 1. The summed E-state index contributed by atoms with van der Waals surface area (Å²) in [4.78, 5) is 40.4. The smallest absolute Gasteiger partial charge is 0.274 e. The lowest BCUT2D eigenvalue weighted by atomic mass is 9.83. The Hall–Kier alpha value is -3.67. The maximum Gasteiger partial charge on any atom is 0.274 e. The average molecular weight is 413 g/mol. The predicted octanol–water partition coefficient (Wildman–Crippen LogP) is 3.36. The number of hydrogen-bond acceptors (Lipinski definition) is 3. The summed E-state index contributed by atoms with van der Waals surface area (Å²) in [6.07, 6.45) is 0.966. The van der Waals surface area contributed by atoms with Crippen molar-refractivity contribution in [2.75, 3.05) is 18.4 Å². The topological polar surface area (TPSA) is 71.4 Å². The monoisotopic (exact) mass is 413 g/mol. The minimum atomic E-state index is -0.297. The van der Waals surface area contributed by atoms with E-state index in [-0.39, 0.29) is 34.9 Å². The van der Waals surface area contributed by atoms with Crippen molar-refractivity contribution in [3.63, 3.8) is 0 Å². The molecule has 2 aliphatic rings. The van der Waals surface area contributed by atoms with Crippen LogP contribution in [-0.4, -0.2) is 34.4 Å². The van der Waals surface area contributed by atoms with Crippen molar-refractivity contribution >= 4 is 17.5 Å². The van der Waals surface area contributed by atoms with E-state index >= 15 is 0 Å². The van der Waals surface area contributed by atoms with Crippen LogP contribution >= 0.6 is 0 Å². The number of carbonyl (C=O) groups is 2. The van der Waals surface area contributed by atoms with Crippen LogP contribution in [0, 0.1) is 5.92 Å². The highest BCUT2D eigenvalue weighted by Crippen LogP contribution is 2.36. The fourth-order valence-electron chi connectivity index (χ4n) is 4.75. The lowest BCUT2D eigenvalue weighted by Crippen LogP contribution is -2.49. The van der Waals surface area contributed by atoms with E-state index in [0.29, 0.717) is 30.8 Å². The number of benzene rings is 2. The first-order valence-electron chi connectivity index (χ1n) is 10.5. The molecule has 1 N–H and O–H groups in total. The van der Waals surface area contributed by atoms with Crippen molar-refractivity contribution in [2.24, 2.45) is 5.92 Å². The van der Waals surface area contributed by atoms with Gasteiger partial charge in [-0.05, 0) is 48.7 Å². The van der Waals surface area contributed by atoms with E-state index < -0.39 is 0 Å². The van der Waals surface area contributed by atoms with Gasteiger partial charge in [0.15, 0.2) is 0 Å². The Bertz CT molecular complexity index is 1190. The number of nitrogens with zero attached hydrogens (tertiary/aromatic N) is 2. The minimum Gasteiger partial charge on any atom is -0.338 e. The van der Waals surface area contributed by atoms with E-state index in [0.717, 1.165) is 12.1 Å². The second-order valence-electron chi connectivity index (χ2n) is 8.28. The van der Waals surface area contributed by atoms with E-state index in [1.54, 1.807) is 34.9 Å². The highest BCUT2D eigenvalue weighted by atomic mass is 16.2. The third-order valence-corrected chi connectivity index (χ3v) is 6.20. The molecule has 156 valence electrons.